The molecule has 0 aliphatic carbocycles. The number of anilines is 1. The summed E-state index contributed by atoms with van der Waals surface area (Å²) >= 11 is 6.78. The summed E-state index contributed by atoms with van der Waals surface area (Å²) in [5.41, 5.74) is 3.67. The molecule has 29 heavy (non-hydrogen) atoms. The Morgan fingerprint density at radius 2 is 2.07 bits per heavy atom. The van der Waals surface area contributed by atoms with Gasteiger partial charge in [0.25, 0.3) is 5.91 Å². The van der Waals surface area contributed by atoms with Gasteiger partial charge in [-0.1, -0.05) is 42.2 Å². The van der Waals surface area contributed by atoms with Crippen LogP contribution in [0, 0.1) is 6.92 Å². The number of hydrogen-bond donors (Lipinski definition) is 0. The second-order valence-corrected chi connectivity index (χ2v) is 8.17. The molecule has 0 N–H and O–H groups in total. The molecule has 0 unspecified atom stereocenters. The standard InChI is InChI=1S/C23H23NO3S2/c1-5-8-17-12-16(13-19(27-6-2)21(17)26-4)14-20-22(25)24(23(28)29-20)18-10-7-9-15(3)11-18/h5,7,9-14H,1,6,8H2,2-4H3/b20-14-. The Morgan fingerprint density at radius 3 is 2.72 bits per heavy atom. The molecule has 4 nitrogen and oxygen atoms in total. The van der Waals surface area contributed by atoms with Gasteiger partial charge in [-0.15, -0.1) is 6.58 Å². The number of carbonyl (C=O) groups is 1. The maximum absolute atomic E-state index is 13.1. The molecule has 6 heteroatoms. The normalized spacial score (nSPS) is 15.1. The van der Waals surface area contributed by atoms with Crippen LogP contribution in [-0.2, 0) is 11.2 Å². The molecule has 1 aliphatic rings. The third-order valence-corrected chi connectivity index (χ3v) is 5.68. The average molecular weight is 426 g/mol. The predicted octanol–water partition coefficient (Wildman–Crippen LogP) is 5.54. The number of carbonyl (C=O) groups excluding carboxylic acids is 1. The minimum atomic E-state index is -0.121. The van der Waals surface area contributed by atoms with Gasteiger partial charge in [0.2, 0.25) is 0 Å². The Morgan fingerprint density at radius 1 is 1.28 bits per heavy atom. The number of methoxy groups -OCH3 is 1. The van der Waals surface area contributed by atoms with Crippen molar-refractivity contribution in [2.75, 3.05) is 18.6 Å². The maximum atomic E-state index is 13.1. The highest BCUT2D eigenvalue weighted by Gasteiger charge is 2.33. The number of rotatable bonds is 7. The topological polar surface area (TPSA) is 38.8 Å². The summed E-state index contributed by atoms with van der Waals surface area (Å²) in [4.78, 5) is 15.2. The molecule has 1 saturated heterocycles. The molecule has 1 amide bonds. The minimum absolute atomic E-state index is 0.121. The summed E-state index contributed by atoms with van der Waals surface area (Å²) in [6.07, 6.45) is 4.30. The summed E-state index contributed by atoms with van der Waals surface area (Å²) in [6.45, 7) is 8.25. The molecule has 1 aliphatic heterocycles. The van der Waals surface area contributed by atoms with Gasteiger partial charge in [0.15, 0.2) is 15.8 Å². The lowest BCUT2D eigenvalue weighted by Gasteiger charge is -2.15. The largest absolute Gasteiger partial charge is 0.493 e. The van der Waals surface area contributed by atoms with Gasteiger partial charge in [-0.25, -0.2) is 0 Å². The molecule has 2 aromatic carbocycles. The zero-order chi connectivity index (χ0) is 21.0. The van der Waals surface area contributed by atoms with Crippen LogP contribution in [0.25, 0.3) is 6.08 Å². The van der Waals surface area contributed by atoms with Crippen molar-refractivity contribution in [2.45, 2.75) is 20.3 Å². The van der Waals surface area contributed by atoms with Crippen molar-refractivity contribution in [3.05, 3.63) is 70.6 Å². The molecule has 0 aromatic heterocycles. The number of nitrogens with zero attached hydrogens (tertiary/aromatic N) is 1. The second kappa shape index (κ2) is 9.29. The van der Waals surface area contributed by atoms with Gasteiger partial charge in [-0.05, 0) is 61.7 Å². The Labute approximate surface area is 181 Å². The molecular formula is C23H23NO3S2. The summed E-state index contributed by atoms with van der Waals surface area (Å²) in [5, 5.41) is 0. The number of ether oxygens (including phenoxy) is 2. The third-order valence-electron chi connectivity index (χ3n) is 4.37. The van der Waals surface area contributed by atoms with E-state index in [2.05, 4.69) is 6.58 Å². The average Bonchev–Trinajstić information content (AvgIpc) is 2.95. The van der Waals surface area contributed by atoms with E-state index in [1.165, 1.54) is 11.8 Å². The molecule has 3 rings (SSSR count). The first-order valence-corrected chi connectivity index (χ1v) is 10.5. The van der Waals surface area contributed by atoms with Crippen molar-refractivity contribution in [3.8, 4) is 11.5 Å². The first kappa shape index (κ1) is 21.1. The van der Waals surface area contributed by atoms with E-state index in [4.69, 9.17) is 21.7 Å². The molecule has 0 atom stereocenters. The van der Waals surface area contributed by atoms with Crippen LogP contribution in [-0.4, -0.2) is 23.9 Å². The molecule has 0 radical (unpaired) electrons. The van der Waals surface area contributed by atoms with Gasteiger partial charge < -0.3 is 9.47 Å². The van der Waals surface area contributed by atoms with E-state index in [0.717, 1.165) is 22.4 Å². The number of aryl methyl sites for hydroxylation is 1. The van der Waals surface area contributed by atoms with Crippen LogP contribution in [0.3, 0.4) is 0 Å². The Bertz CT molecular complexity index is 998. The van der Waals surface area contributed by atoms with E-state index in [1.807, 2.05) is 62.4 Å². The number of amides is 1. The monoisotopic (exact) mass is 425 g/mol. The number of allylic oxidation sites excluding steroid dienone is 1. The van der Waals surface area contributed by atoms with Crippen molar-refractivity contribution in [1.82, 2.24) is 0 Å². The van der Waals surface area contributed by atoms with Gasteiger partial charge in [0.05, 0.1) is 24.3 Å². The van der Waals surface area contributed by atoms with E-state index >= 15 is 0 Å². The highest BCUT2D eigenvalue weighted by Crippen LogP contribution is 2.38. The van der Waals surface area contributed by atoms with Gasteiger partial charge in [-0.3, -0.25) is 9.69 Å². The van der Waals surface area contributed by atoms with Gasteiger partial charge in [0.1, 0.15) is 0 Å². The number of thioether (sulfide) groups is 1. The van der Waals surface area contributed by atoms with Gasteiger partial charge in [0, 0.05) is 5.56 Å². The lowest BCUT2D eigenvalue weighted by molar-refractivity contribution is -0.113. The van der Waals surface area contributed by atoms with Crippen LogP contribution in [0.1, 0.15) is 23.6 Å². The molecule has 150 valence electrons. The lowest BCUT2D eigenvalue weighted by Crippen LogP contribution is -2.27. The highest BCUT2D eigenvalue weighted by atomic mass is 32.2. The molecular weight excluding hydrogens is 402 g/mol. The summed E-state index contributed by atoms with van der Waals surface area (Å²) < 4.78 is 11.8. The Kier molecular flexibility index (Phi) is 6.77. The first-order valence-electron chi connectivity index (χ1n) is 9.27. The zero-order valence-electron chi connectivity index (χ0n) is 16.7. The van der Waals surface area contributed by atoms with E-state index in [0.29, 0.717) is 33.8 Å². The van der Waals surface area contributed by atoms with Crippen LogP contribution in [0.5, 0.6) is 11.5 Å². The predicted molar refractivity (Wildman–Crippen MR) is 125 cm³/mol. The molecule has 2 aromatic rings. The van der Waals surface area contributed by atoms with Crippen LogP contribution >= 0.6 is 24.0 Å². The van der Waals surface area contributed by atoms with Crippen LogP contribution in [0.15, 0.2) is 54.0 Å². The van der Waals surface area contributed by atoms with Gasteiger partial charge >= 0.3 is 0 Å². The maximum Gasteiger partial charge on any atom is 0.270 e. The van der Waals surface area contributed by atoms with Crippen molar-refractivity contribution in [3.63, 3.8) is 0 Å². The number of hydrogen-bond acceptors (Lipinski definition) is 5. The fourth-order valence-electron chi connectivity index (χ4n) is 3.18. The summed E-state index contributed by atoms with van der Waals surface area (Å²) in [5.74, 6) is 1.22. The molecule has 0 bridgehead atoms. The summed E-state index contributed by atoms with van der Waals surface area (Å²) in [7, 11) is 1.62. The van der Waals surface area contributed by atoms with Gasteiger partial charge in [-0.2, -0.15) is 0 Å². The highest BCUT2D eigenvalue weighted by molar-refractivity contribution is 8.27. The van der Waals surface area contributed by atoms with Crippen molar-refractivity contribution < 1.29 is 14.3 Å². The third kappa shape index (κ3) is 4.54. The van der Waals surface area contributed by atoms with Crippen LogP contribution in [0.4, 0.5) is 5.69 Å². The molecule has 1 fully saturated rings. The molecule has 0 saturated carbocycles. The molecule has 0 spiro atoms. The summed E-state index contributed by atoms with van der Waals surface area (Å²) in [6, 6.07) is 11.6. The minimum Gasteiger partial charge on any atom is -0.493 e. The fraction of sp³-hybridized carbons (Fsp3) is 0.217. The first-order chi connectivity index (χ1) is 14.0. The second-order valence-electron chi connectivity index (χ2n) is 6.49. The number of benzene rings is 2. The van der Waals surface area contributed by atoms with E-state index in [1.54, 1.807) is 12.0 Å². The fourth-order valence-corrected chi connectivity index (χ4v) is 4.48. The Hall–Kier alpha value is -2.57. The van der Waals surface area contributed by atoms with Crippen LogP contribution in [0.2, 0.25) is 0 Å². The quantitative estimate of drug-likeness (QED) is 0.331. The zero-order valence-corrected chi connectivity index (χ0v) is 18.4. The van der Waals surface area contributed by atoms with E-state index in [-0.39, 0.29) is 5.91 Å². The van der Waals surface area contributed by atoms with Crippen molar-refractivity contribution in [2.24, 2.45) is 0 Å². The molecule has 1 heterocycles. The van der Waals surface area contributed by atoms with Crippen LogP contribution < -0.4 is 14.4 Å². The van der Waals surface area contributed by atoms with E-state index < -0.39 is 0 Å². The lowest BCUT2D eigenvalue weighted by atomic mass is 10.0. The van der Waals surface area contributed by atoms with Crippen molar-refractivity contribution >= 4 is 46.0 Å². The SMILES string of the molecule is C=CCc1cc(/C=C2\SC(=S)N(c3cccc(C)c3)C2=O)cc(OCC)c1OC. The number of thiocarbonyl (C=S) groups is 1. The van der Waals surface area contributed by atoms with E-state index in [9.17, 15) is 4.79 Å². The smallest absolute Gasteiger partial charge is 0.270 e. The Balaban J connectivity index is 2.00. The van der Waals surface area contributed by atoms with Crippen molar-refractivity contribution in [1.29, 1.82) is 0 Å².